The van der Waals surface area contributed by atoms with Crippen molar-refractivity contribution in [3.8, 4) is 0 Å². The number of hydrogen-bond donors (Lipinski definition) is 1. The molecule has 0 amide bonds. The van der Waals surface area contributed by atoms with Crippen molar-refractivity contribution >= 4 is 5.97 Å². The number of ether oxygens (including phenoxy) is 1. The number of nitrogens with zero attached hydrogens (tertiary/aromatic N) is 1. The normalized spacial score (nSPS) is 15.7. The molecular weight excluding hydrogens is 182 g/mol. The van der Waals surface area contributed by atoms with Crippen molar-refractivity contribution in [2.45, 2.75) is 27.2 Å². The maximum absolute atomic E-state index is 9.37. The number of rotatable bonds is 1. The number of carboxylic acid groups (broad SMARTS) is 1. The Balaban J connectivity index is 0. The summed E-state index contributed by atoms with van der Waals surface area (Å²) in [5.74, 6) is -0.745. The molecule has 86 valence electrons. The van der Waals surface area contributed by atoms with Gasteiger partial charge in [-0.15, -0.1) is 0 Å². The van der Waals surface area contributed by atoms with Crippen molar-refractivity contribution in [2.24, 2.45) is 0 Å². The molecule has 1 aliphatic rings. The van der Waals surface area contributed by atoms with Gasteiger partial charge >= 0.3 is 5.97 Å². The number of carboxylic acids is 1. The minimum atomic E-state index is -0.745. The first-order chi connectivity index (χ1) is 6.66. The first-order valence-corrected chi connectivity index (χ1v) is 5.15. The van der Waals surface area contributed by atoms with Gasteiger partial charge in [-0.2, -0.15) is 0 Å². The van der Waals surface area contributed by atoms with E-state index >= 15 is 0 Å². The average molecular weight is 205 g/mol. The van der Waals surface area contributed by atoms with Gasteiger partial charge in [0.15, 0.2) is 0 Å². The second-order valence-electron chi connectivity index (χ2n) is 2.66. The standard InChI is InChI=1S/C5H11NO.C3H6O2.C2H6/c1-6-2-4-7-5-3-6;1-2-3(4)5;1-2/h2-5H2,1H3;2H2,1H3,(H,4,5);1-2H3. The lowest BCUT2D eigenvalue weighted by atomic mass is 10.5. The number of likely N-dealkylation sites (N-methyl/N-ethyl adjacent to an activating group) is 1. The molecule has 1 heterocycles. The minimum Gasteiger partial charge on any atom is -0.481 e. The Hall–Kier alpha value is -0.610. The molecule has 1 fully saturated rings. The Morgan fingerprint density at radius 2 is 1.71 bits per heavy atom. The van der Waals surface area contributed by atoms with Crippen LogP contribution in [0, 0.1) is 0 Å². The van der Waals surface area contributed by atoms with Gasteiger partial charge in [-0.05, 0) is 7.05 Å². The third kappa shape index (κ3) is 13.9. The van der Waals surface area contributed by atoms with Gasteiger partial charge in [-0.1, -0.05) is 20.8 Å². The lowest BCUT2D eigenvalue weighted by Crippen LogP contribution is -2.32. The highest BCUT2D eigenvalue weighted by Gasteiger charge is 2.02. The number of aliphatic carboxylic acids is 1. The second kappa shape index (κ2) is 12.4. The number of carbonyl (C=O) groups is 1. The topological polar surface area (TPSA) is 49.8 Å². The van der Waals surface area contributed by atoms with E-state index in [9.17, 15) is 4.79 Å². The Morgan fingerprint density at radius 1 is 1.36 bits per heavy atom. The van der Waals surface area contributed by atoms with Crippen LogP contribution in [-0.2, 0) is 9.53 Å². The Kier molecular flexibility index (Phi) is 14.0. The molecule has 0 unspecified atom stereocenters. The third-order valence-corrected chi connectivity index (χ3v) is 1.54. The molecule has 4 heteroatoms. The quantitative estimate of drug-likeness (QED) is 0.704. The van der Waals surface area contributed by atoms with Crippen LogP contribution in [0.3, 0.4) is 0 Å². The van der Waals surface area contributed by atoms with Crippen LogP contribution >= 0.6 is 0 Å². The molecule has 1 saturated heterocycles. The van der Waals surface area contributed by atoms with Crippen LogP contribution in [0.4, 0.5) is 0 Å². The summed E-state index contributed by atoms with van der Waals surface area (Å²) >= 11 is 0. The van der Waals surface area contributed by atoms with Gasteiger partial charge < -0.3 is 14.7 Å². The van der Waals surface area contributed by atoms with E-state index in [0.29, 0.717) is 0 Å². The average Bonchev–Trinajstić information content (AvgIpc) is 2.23. The van der Waals surface area contributed by atoms with Crippen LogP contribution in [0.2, 0.25) is 0 Å². The van der Waals surface area contributed by atoms with E-state index in [-0.39, 0.29) is 6.42 Å². The molecule has 0 bridgehead atoms. The van der Waals surface area contributed by atoms with E-state index in [0.717, 1.165) is 26.3 Å². The van der Waals surface area contributed by atoms with Gasteiger partial charge in [0.25, 0.3) is 0 Å². The predicted molar refractivity (Wildman–Crippen MR) is 57.6 cm³/mol. The van der Waals surface area contributed by atoms with Crippen LogP contribution in [0.15, 0.2) is 0 Å². The molecular formula is C10H23NO3. The molecule has 0 saturated carbocycles. The summed E-state index contributed by atoms with van der Waals surface area (Å²) in [4.78, 5) is 11.6. The van der Waals surface area contributed by atoms with E-state index in [4.69, 9.17) is 9.84 Å². The number of morpholine rings is 1. The van der Waals surface area contributed by atoms with E-state index in [1.807, 2.05) is 13.8 Å². The largest absolute Gasteiger partial charge is 0.481 e. The highest BCUT2D eigenvalue weighted by molar-refractivity contribution is 5.66. The smallest absolute Gasteiger partial charge is 0.303 e. The molecule has 4 nitrogen and oxygen atoms in total. The van der Waals surface area contributed by atoms with Gasteiger partial charge in [-0.3, -0.25) is 4.79 Å². The zero-order valence-corrected chi connectivity index (χ0v) is 9.75. The van der Waals surface area contributed by atoms with Gasteiger partial charge in [0.2, 0.25) is 0 Å². The Morgan fingerprint density at radius 3 is 1.86 bits per heavy atom. The fourth-order valence-electron chi connectivity index (χ4n) is 0.655. The fourth-order valence-corrected chi connectivity index (χ4v) is 0.655. The molecule has 0 radical (unpaired) electrons. The molecule has 1 rings (SSSR count). The summed E-state index contributed by atoms with van der Waals surface area (Å²) in [7, 11) is 2.11. The van der Waals surface area contributed by atoms with Crippen LogP contribution in [0.25, 0.3) is 0 Å². The van der Waals surface area contributed by atoms with Crippen molar-refractivity contribution in [2.75, 3.05) is 33.4 Å². The van der Waals surface area contributed by atoms with E-state index < -0.39 is 5.97 Å². The maximum atomic E-state index is 9.37. The van der Waals surface area contributed by atoms with Gasteiger partial charge in [0.05, 0.1) is 13.2 Å². The summed E-state index contributed by atoms with van der Waals surface area (Å²) in [6, 6.07) is 0. The van der Waals surface area contributed by atoms with Crippen molar-refractivity contribution in [3.05, 3.63) is 0 Å². The second-order valence-corrected chi connectivity index (χ2v) is 2.66. The lowest BCUT2D eigenvalue weighted by Gasteiger charge is -2.21. The first kappa shape index (κ1) is 15.8. The first-order valence-electron chi connectivity index (χ1n) is 5.15. The monoisotopic (exact) mass is 205 g/mol. The predicted octanol–water partition coefficient (Wildman–Crippen LogP) is 1.46. The summed E-state index contributed by atoms with van der Waals surface area (Å²) < 4.78 is 5.10. The summed E-state index contributed by atoms with van der Waals surface area (Å²) in [6.07, 6.45) is 0.222. The molecule has 0 spiro atoms. The molecule has 0 aliphatic carbocycles. The van der Waals surface area contributed by atoms with E-state index in [1.165, 1.54) is 0 Å². The van der Waals surface area contributed by atoms with Crippen molar-refractivity contribution < 1.29 is 14.6 Å². The minimum absolute atomic E-state index is 0.222. The van der Waals surface area contributed by atoms with E-state index in [1.54, 1.807) is 6.92 Å². The van der Waals surface area contributed by atoms with Crippen molar-refractivity contribution in [1.29, 1.82) is 0 Å². The summed E-state index contributed by atoms with van der Waals surface area (Å²) in [5, 5.41) is 7.72. The zero-order valence-electron chi connectivity index (χ0n) is 9.75. The summed E-state index contributed by atoms with van der Waals surface area (Å²) in [6.45, 7) is 9.62. The van der Waals surface area contributed by atoms with Crippen LogP contribution in [0.1, 0.15) is 27.2 Å². The van der Waals surface area contributed by atoms with Crippen molar-refractivity contribution in [3.63, 3.8) is 0 Å². The van der Waals surface area contributed by atoms with Gasteiger partial charge in [-0.25, -0.2) is 0 Å². The highest BCUT2D eigenvalue weighted by Crippen LogP contribution is 1.89. The molecule has 0 aromatic carbocycles. The molecule has 1 aliphatic heterocycles. The third-order valence-electron chi connectivity index (χ3n) is 1.54. The molecule has 14 heavy (non-hydrogen) atoms. The number of hydrogen-bond acceptors (Lipinski definition) is 3. The molecule has 1 N–H and O–H groups in total. The fraction of sp³-hybridized carbons (Fsp3) is 0.900. The summed E-state index contributed by atoms with van der Waals surface area (Å²) in [5.41, 5.74) is 0. The van der Waals surface area contributed by atoms with Crippen LogP contribution < -0.4 is 0 Å². The lowest BCUT2D eigenvalue weighted by molar-refractivity contribution is -0.136. The van der Waals surface area contributed by atoms with Gasteiger partial charge in [0.1, 0.15) is 0 Å². The highest BCUT2D eigenvalue weighted by atomic mass is 16.5. The van der Waals surface area contributed by atoms with Crippen LogP contribution in [0.5, 0.6) is 0 Å². The molecule has 0 aromatic rings. The zero-order chi connectivity index (χ0) is 11.4. The van der Waals surface area contributed by atoms with Gasteiger partial charge in [0, 0.05) is 19.5 Å². The molecule has 0 atom stereocenters. The Labute approximate surface area is 86.9 Å². The van der Waals surface area contributed by atoms with E-state index in [2.05, 4.69) is 11.9 Å². The SMILES string of the molecule is CC.CCC(=O)O.CN1CCOCC1. The molecule has 0 aromatic heterocycles. The Bertz CT molecular complexity index is 123. The van der Waals surface area contributed by atoms with Crippen LogP contribution in [-0.4, -0.2) is 49.3 Å². The maximum Gasteiger partial charge on any atom is 0.303 e. The van der Waals surface area contributed by atoms with Crippen molar-refractivity contribution in [1.82, 2.24) is 4.90 Å².